The first-order chi connectivity index (χ1) is 25.4. The normalized spacial score (nSPS) is 11.8. The summed E-state index contributed by atoms with van der Waals surface area (Å²) in [5, 5.41) is 40.1. The summed E-state index contributed by atoms with van der Waals surface area (Å²) in [7, 11) is -4.79. The van der Waals surface area contributed by atoms with Gasteiger partial charge in [-0.05, 0) is 86.6 Å². The molecule has 0 aliphatic heterocycles. The van der Waals surface area contributed by atoms with Gasteiger partial charge < -0.3 is 16.8 Å². The maximum atomic E-state index is 13.1. The Labute approximate surface area is 305 Å². The van der Waals surface area contributed by atoms with Crippen molar-refractivity contribution >= 4 is 68.1 Å². The monoisotopic (exact) mass is 755 g/mol. The Hall–Kier alpha value is -6.29. The second kappa shape index (κ2) is 15.5. The van der Waals surface area contributed by atoms with E-state index in [1.54, 1.807) is 62.4 Å². The van der Waals surface area contributed by atoms with Crippen molar-refractivity contribution < 1.29 is 32.4 Å². The third-order valence-electron chi connectivity index (χ3n) is 7.50. The number of para-hydroxylation sites is 1. The molecule has 0 aliphatic carbocycles. The molecule has 20 heteroatoms. The van der Waals surface area contributed by atoms with Crippen LogP contribution >= 0.6 is 12.0 Å². The van der Waals surface area contributed by atoms with Crippen molar-refractivity contribution in [3.05, 3.63) is 114 Å². The predicted octanol–water partition coefficient (Wildman–Crippen LogP) is 7.60. The minimum Gasteiger partial charge on any atom is -0.382 e. The molecule has 6 aromatic rings. The van der Waals surface area contributed by atoms with E-state index in [2.05, 4.69) is 45.3 Å². The third-order valence-corrected chi connectivity index (χ3v) is 8.96. The molecule has 4 aromatic carbocycles. The Balaban J connectivity index is 1.16. The number of carbonyl (C=O) groups is 1. The molecule has 7 N–H and O–H groups in total. The topological polar surface area (TPSA) is 259 Å². The van der Waals surface area contributed by atoms with E-state index in [1.165, 1.54) is 33.6 Å². The van der Waals surface area contributed by atoms with Crippen LogP contribution in [-0.4, -0.2) is 43.7 Å². The Morgan fingerprint density at radius 2 is 1.42 bits per heavy atom. The van der Waals surface area contributed by atoms with Gasteiger partial charge in [-0.15, -0.1) is 19.7 Å². The first-order valence-electron chi connectivity index (χ1n) is 15.3. The van der Waals surface area contributed by atoms with Crippen molar-refractivity contribution in [1.29, 1.82) is 0 Å². The highest BCUT2D eigenvalue weighted by atomic mass is 32.2. The van der Waals surface area contributed by atoms with Gasteiger partial charge in [0.1, 0.15) is 10.6 Å². The fourth-order valence-corrected chi connectivity index (χ4v) is 6.04. The van der Waals surface area contributed by atoms with Crippen LogP contribution in [0.1, 0.15) is 21.7 Å². The molecule has 53 heavy (non-hydrogen) atoms. The van der Waals surface area contributed by atoms with Crippen LogP contribution in [0.15, 0.2) is 127 Å². The first kappa shape index (κ1) is 36.5. The van der Waals surface area contributed by atoms with Crippen molar-refractivity contribution in [2.24, 2.45) is 20.5 Å². The van der Waals surface area contributed by atoms with Crippen molar-refractivity contribution in [1.82, 2.24) is 19.6 Å². The first-order valence-corrected chi connectivity index (χ1v) is 17.5. The molecule has 1 amide bonds. The molecule has 0 saturated carbocycles. The van der Waals surface area contributed by atoms with E-state index in [0.717, 1.165) is 18.1 Å². The third kappa shape index (κ3) is 8.28. The number of hydrogen-bond acceptors (Lipinski definition) is 15. The van der Waals surface area contributed by atoms with Gasteiger partial charge in [-0.3, -0.25) is 9.35 Å². The van der Waals surface area contributed by atoms with E-state index in [0.29, 0.717) is 39.0 Å². The Kier molecular flexibility index (Phi) is 10.7. The highest BCUT2D eigenvalue weighted by Crippen LogP contribution is 2.34. The summed E-state index contributed by atoms with van der Waals surface area (Å²) in [6.45, 7) is 3.39. The maximum Gasteiger partial charge on any atom is 0.296 e. The number of aromatic nitrogens is 4. The summed E-state index contributed by atoms with van der Waals surface area (Å²) in [6.07, 6.45) is 0. The van der Waals surface area contributed by atoms with Gasteiger partial charge in [-0.25, -0.2) is 14.6 Å². The molecule has 0 unspecified atom stereocenters. The van der Waals surface area contributed by atoms with Gasteiger partial charge in [0.05, 0.1) is 40.5 Å². The van der Waals surface area contributed by atoms with E-state index in [9.17, 15) is 17.8 Å². The summed E-state index contributed by atoms with van der Waals surface area (Å²) in [6, 6.07) is 25.9. The number of nitrogens with two attached hydrogens (primary N) is 2. The number of carbonyl (C=O) groups excluding carboxylic acids is 1. The van der Waals surface area contributed by atoms with Gasteiger partial charge in [-0.1, -0.05) is 29.3 Å². The van der Waals surface area contributed by atoms with E-state index in [4.69, 9.17) is 16.7 Å². The largest absolute Gasteiger partial charge is 0.382 e. The standard InChI is InChI=1S/C33H29N11O7S2/c1-19-29(32(35)44(42-19)25-9-6-10-26(18-25)52-51-50-46)39-37-22-13-11-21(12-14-22)33(45)36-23-15-16-27(28(17-23)53(47,48)49)38-40-30-20(2)41-43(31(30)34)24-7-4-3-5-8-24/h3-18,46H,34-35H2,1-2H3,(H,36,45)(H,47,48,49)/b39-37+,40-38+. The second-order valence-corrected chi connectivity index (χ2v) is 13.2. The number of amides is 1. The zero-order chi connectivity index (χ0) is 37.7. The second-order valence-electron chi connectivity index (χ2n) is 11.1. The minimum absolute atomic E-state index is 0.0688. The van der Waals surface area contributed by atoms with Gasteiger partial charge >= 0.3 is 0 Å². The molecule has 270 valence electrons. The van der Waals surface area contributed by atoms with Gasteiger partial charge in [-0.2, -0.15) is 23.7 Å². The molecular weight excluding hydrogens is 727 g/mol. The maximum absolute atomic E-state index is 13.1. The van der Waals surface area contributed by atoms with Crippen LogP contribution in [0.25, 0.3) is 11.4 Å². The van der Waals surface area contributed by atoms with Crippen molar-refractivity contribution in [2.45, 2.75) is 23.6 Å². The van der Waals surface area contributed by atoms with E-state index >= 15 is 0 Å². The SMILES string of the molecule is Cc1nn(-c2cccc(SOOO)c2)c(N)c1/N=N/c1ccc(C(=O)Nc2ccc(/N=N/c3c(C)nn(-c4ccccc4)c3N)c(S(=O)(=O)O)c2)cc1. The van der Waals surface area contributed by atoms with Crippen LogP contribution in [0.5, 0.6) is 0 Å². The molecule has 0 atom stereocenters. The number of benzene rings is 4. The van der Waals surface area contributed by atoms with Gasteiger partial charge in [0.25, 0.3) is 16.0 Å². The van der Waals surface area contributed by atoms with E-state index < -0.39 is 20.9 Å². The van der Waals surface area contributed by atoms with Crippen molar-refractivity contribution in [3.63, 3.8) is 0 Å². The molecule has 0 spiro atoms. The zero-order valence-corrected chi connectivity index (χ0v) is 29.4. The lowest BCUT2D eigenvalue weighted by molar-refractivity contribution is -0.432. The van der Waals surface area contributed by atoms with Crippen LogP contribution < -0.4 is 16.8 Å². The molecule has 0 aliphatic rings. The average molecular weight is 756 g/mol. The molecule has 0 fully saturated rings. The number of nitrogen functional groups attached to an aromatic ring is 2. The highest BCUT2D eigenvalue weighted by molar-refractivity contribution is 7.94. The van der Waals surface area contributed by atoms with Crippen LogP contribution in [0.2, 0.25) is 0 Å². The molecule has 0 radical (unpaired) electrons. The summed E-state index contributed by atoms with van der Waals surface area (Å²) in [5.74, 6) is -0.171. The van der Waals surface area contributed by atoms with Crippen LogP contribution in [0.3, 0.4) is 0 Å². The number of hydrogen-bond donors (Lipinski definition) is 5. The van der Waals surface area contributed by atoms with E-state index in [1.807, 2.05) is 18.2 Å². The number of nitrogens with one attached hydrogen (secondary N) is 1. The molecule has 0 bridgehead atoms. The Morgan fingerprint density at radius 1 is 0.792 bits per heavy atom. The number of azo groups is 2. The summed E-state index contributed by atoms with van der Waals surface area (Å²) < 4.78 is 42.0. The summed E-state index contributed by atoms with van der Waals surface area (Å²) >= 11 is 0.789. The van der Waals surface area contributed by atoms with Gasteiger partial charge in [0, 0.05) is 16.1 Å². The lowest BCUT2D eigenvalue weighted by atomic mass is 10.2. The van der Waals surface area contributed by atoms with E-state index in [-0.39, 0.29) is 34.3 Å². The zero-order valence-electron chi connectivity index (χ0n) is 27.7. The van der Waals surface area contributed by atoms with Crippen LogP contribution in [0, 0.1) is 13.8 Å². The minimum atomic E-state index is -4.79. The Bertz CT molecular complexity index is 2470. The smallest absolute Gasteiger partial charge is 0.296 e. The summed E-state index contributed by atoms with van der Waals surface area (Å²) in [4.78, 5) is 13.1. The molecule has 18 nitrogen and oxygen atoms in total. The average Bonchev–Trinajstić information content (AvgIpc) is 3.61. The lowest BCUT2D eigenvalue weighted by Crippen LogP contribution is -2.12. The highest BCUT2D eigenvalue weighted by Gasteiger charge is 2.20. The fourth-order valence-electron chi connectivity index (χ4n) is 4.98. The molecular formula is C33H29N11O7S2. The number of anilines is 3. The van der Waals surface area contributed by atoms with Crippen LogP contribution in [-0.2, 0) is 19.5 Å². The molecule has 2 aromatic heterocycles. The number of rotatable bonds is 12. The molecule has 2 heterocycles. The number of nitrogens with zero attached hydrogens (tertiary/aromatic N) is 8. The molecule has 0 saturated heterocycles. The van der Waals surface area contributed by atoms with Crippen molar-refractivity contribution in [2.75, 3.05) is 16.8 Å². The quantitative estimate of drug-likeness (QED) is 0.0266. The van der Waals surface area contributed by atoms with Gasteiger partial charge in [0.15, 0.2) is 23.0 Å². The lowest BCUT2D eigenvalue weighted by Gasteiger charge is -2.08. The van der Waals surface area contributed by atoms with Gasteiger partial charge in [0.2, 0.25) is 0 Å². The van der Waals surface area contributed by atoms with Crippen LogP contribution in [0.4, 0.5) is 40.1 Å². The summed E-state index contributed by atoms with van der Waals surface area (Å²) in [5.41, 5.74) is 15.9. The molecule has 6 rings (SSSR count). The fraction of sp³-hybridized carbons (Fsp3) is 0.0606. The number of aryl methyl sites for hydroxylation is 2. The Morgan fingerprint density at radius 3 is 2.06 bits per heavy atom. The van der Waals surface area contributed by atoms with Crippen molar-refractivity contribution in [3.8, 4) is 11.4 Å². The predicted molar refractivity (Wildman–Crippen MR) is 195 cm³/mol.